The van der Waals surface area contributed by atoms with Crippen molar-refractivity contribution in [3.63, 3.8) is 0 Å². The number of nitrogens with two attached hydrogens (primary N) is 1. The van der Waals surface area contributed by atoms with Crippen LogP contribution in [-0.4, -0.2) is 9.97 Å². The van der Waals surface area contributed by atoms with Crippen molar-refractivity contribution in [1.82, 2.24) is 9.97 Å². The molecule has 0 saturated heterocycles. The number of aryl methyl sites for hydroxylation is 1. The number of nitrogen functional groups attached to an aromatic ring is 1. The summed E-state index contributed by atoms with van der Waals surface area (Å²) in [5.41, 5.74) is 7.72. The third kappa shape index (κ3) is 2.25. The second-order valence-electron chi connectivity index (χ2n) is 3.86. The average molecular weight is 231 g/mol. The van der Waals surface area contributed by atoms with E-state index in [9.17, 15) is 4.39 Å². The van der Waals surface area contributed by atoms with Crippen LogP contribution in [0.3, 0.4) is 0 Å². The molecule has 0 bridgehead atoms. The van der Waals surface area contributed by atoms with Gasteiger partial charge in [-0.15, -0.1) is 0 Å². The molecule has 0 saturated carbocycles. The minimum atomic E-state index is -0.238. The van der Waals surface area contributed by atoms with Gasteiger partial charge in [0.15, 0.2) is 0 Å². The molecule has 0 fully saturated rings. The van der Waals surface area contributed by atoms with E-state index in [-0.39, 0.29) is 5.82 Å². The Labute approximate surface area is 99.5 Å². The Morgan fingerprint density at radius 1 is 1.29 bits per heavy atom. The van der Waals surface area contributed by atoms with E-state index in [1.165, 1.54) is 6.07 Å². The van der Waals surface area contributed by atoms with Gasteiger partial charge in [-0.3, -0.25) is 0 Å². The van der Waals surface area contributed by atoms with Gasteiger partial charge >= 0.3 is 0 Å². The molecule has 88 valence electrons. The monoisotopic (exact) mass is 231 g/mol. The predicted octanol–water partition coefficient (Wildman–Crippen LogP) is 2.74. The summed E-state index contributed by atoms with van der Waals surface area (Å²) in [6.07, 6.45) is 0.701. The number of nitrogens with zero attached hydrogens (tertiary/aromatic N) is 2. The number of halogens is 1. The van der Waals surface area contributed by atoms with Crippen LogP contribution in [0.25, 0.3) is 11.3 Å². The SMILES string of the molecule is CCc1nc(N)cc(-c2cccc(F)c2C)n1. The van der Waals surface area contributed by atoms with Crippen LogP contribution in [0, 0.1) is 12.7 Å². The van der Waals surface area contributed by atoms with Crippen molar-refractivity contribution in [2.24, 2.45) is 0 Å². The van der Waals surface area contributed by atoms with Gasteiger partial charge in [-0.1, -0.05) is 19.1 Å². The number of aromatic nitrogens is 2. The molecule has 0 spiro atoms. The Morgan fingerprint density at radius 2 is 2.06 bits per heavy atom. The normalized spacial score (nSPS) is 10.5. The molecule has 4 heteroatoms. The van der Waals surface area contributed by atoms with Crippen molar-refractivity contribution >= 4 is 5.82 Å². The summed E-state index contributed by atoms with van der Waals surface area (Å²) in [4.78, 5) is 8.47. The first-order valence-electron chi connectivity index (χ1n) is 5.50. The van der Waals surface area contributed by atoms with Crippen LogP contribution < -0.4 is 5.73 Å². The minimum Gasteiger partial charge on any atom is -0.384 e. The van der Waals surface area contributed by atoms with Crippen LogP contribution in [0.4, 0.5) is 10.2 Å². The number of hydrogen-bond donors (Lipinski definition) is 1. The largest absolute Gasteiger partial charge is 0.384 e. The summed E-state index contributed by atoms with van der Waals surface area (Å²) < 4.78 is 13.5. The third-order valence-corrected chi connectivity index (χ3v) is 2.65. The lowest BCUT2D eigenvalue weighted by molar-refractivity contribution is 0.619. The standard InChI is InChI=1S/C13H14FN3/c1-3-13-16-11(7-12(15)17-13)9-5-4-6-10(14)8(9)2/h4-7H,3H2,1-2H3,(H2,15,16,17). The van der Waals surface area contributed by atoms with Crippen LogP contribution >= 0.6 is 0 Å². The smallest absolute Gasteiger partial charge is 0.131 e. The Kier molecular flexibility index (Phi) is 3.04. The molecule has 2 N–H and O–H groups in total. The molecule has 0 aliphatic heterocycles. The maximum atomic E-state index is 13.5. The zero-order valence-corrected chi connectivity index (χ0v) is 9.87. The summed E-state index contributed by atoms with van der Waals surface area (Å²) in [5.74, 6) is 0.844. The molecule has 0 amide bonds. The second kappa shape index (κ2) is 4.49. The lowest BCUT2D eigenvalue weighted by atomic mass is 10.0. The van der Waals surface area contributed by atoms with Crippen molar-refractivity contribution < 1.29 is 4.39 Å². The highest BCUT2D eigenvalue weighted by atomic mass is 19.1. The third-order valence-electron chi connectivity index (χ3n) is 2.65. The molecular weight excluding hydrogens is 217 g/mol. The topological polar surface area (TPSA) is 51.8 Å². The van der Waals surface area contributed by atoms with E-state index in [1.807, 2.05) is 13.0 Å². The lowest BCUT2D eigenvalue weighted by Gasteiger charge is -2.08. The fraction of sp³-hybridized carbons (Fsp3) is 0.231. The van der Waals surface area contributed by atoms with Gasteiger partial charge in [-0.05, 0) is 18.6 Å². The highest BCUT2D eigenvalue weighted by Crippen LogP contribution is 2.24. The van der Waals surface area contributed by atoms with Crippen molar-refractivity contribution in [3.05, 3.63) is 41.5 Å². The molecule has 0 unspecified atom stereocenters. The van der Waals surface area contributed by atoms with Crippen molar-refractivity contribution in [3.8, 4) is 11.3 Å². The van der Waals surface area contributed by atoms with Gasteiger partial charge < -0.3 is 5.73 Å². The second-order valence-corrected chi connectivity index (χ2v) is 3.86. The summed E-state index contributed by atoms with van der Waals surface area (Å²) in [5, 5.41) is 0. The zero-order valence-electron chi connectivity index (χ0n) is 9.87. The summed E-state index contributed by atoms with van der Waals surface area (Å²) >= 11 is 0. The zero-order chi connectivity index (χ0) is 12.4. The van der Waals surface area contributed by atoms with Crippen LogP contribution in [0.15, 0.2) is 24.3 Å². The number of hydrogen-bond acceptors (Lipinski definition) is 3. The maximum absolute atomic E-state index is 13.5. The lowest BCUT2D eigenvalue weighted by Crippen LogP contribution is -2.01. The molecule has 0 aliphatic rings. The molecule has 0 aliphatic carbocycles. The molecule has 3 nitrogen and oxygen atoms in total. The van der Waals surface area contributed by atoms with Crippen LogP contribution in [0.2, 0.25) is 0 Å². The molecule has 1 aromatic carbocycles. The first-order chi connectivity index (χ1) is 8.11. The van der Waals surface area contributed by atoms with Gasteiger partial charge in [-0.25, -0.2) is 14.4 Å². The van der Waals surface area contributed by atoms with Crippen molar-refractivity contribution in [2.45, 2.75) is 20.3 Å². The highest BCUT2D eigenvalue weighted by molar-refractivity contribution is 5.65. The van der Waals surface area contributed by atoms with Gasteiger partial charge in [0, 0.05) is 18.1 Å². The molecule has 17 heavy (non-hydrogen) atoms. The van der Waals surface area contributed by atoms with Gasteiger partial charge in [0.2, 0.25) is 0 Å². The quantitative estimate of drug-likeness (QED) is 0.864. The summed E-state index contributed by atoms with van der Waals surface area (Å²) in [7, 11) is 0. The summed E-state index contributed by atoms with van der Waals surface area (Å²) in [6, 6.07) is 6.60. The molecule has 0 radical (unpaired) electrons. The van der Waals surface area contributed by atoms with E-state index < -0.39 is 0 Å². The number of anilines is 1. The Hall–Kier alpha value is -1.97. The van der Waals surface area contributed by atoms with Gasteiger partial charge in [0.1, 0.15) is 17.5 Å². The Bertz CT molecular complexity index is 552. The fourth-order valence-electron chi connectivity index (χ4n) is 1.70. The first kappa shape index (κ1) is 11.5. The average Bonchev–Trinajstić information content (AvgIpc) is 2.31. The first-order valence-corrected chi connectivity index (χ1v) is 5.50. The molecule has 2 aromatic rings. The highest BCUT2D eigenvalue weighted by Gasteiger charge is 2.09. The van der Waals surface area contributed by atoms with Crippen molar-refractivity contribution in [1.29, 1.82) is 0 Å². The van der Waals surface area contributed by atoms with Crippen LogP contribution in [0.1, 0.15) is 18.3 Å². The Morgan fingerprint density at radius 3 is 2.76 bits per heavy atom. The van der Waals surface area contributed by atoms with E-state index in [0.29, 0.717) is 29.3 Å². The summed E-state index contributed by atoms with van der Waals surface area (Å²) in [6.45, 7) is 3.69. The van der Waals surface area contributed by atoms with E-state index in [4.69, 9.17) is 5.73 Å². The fourth-order valence-corrected chi connectivity index (χ4v) is 1.70. The number of rotatable bonds is 2. The molecule has 1 heterocycles. The van der Waals surface area contributed by atoms with Crippen molar-refractivity contribution in [2.75, 3.05) is 5.73 Å². The molecule has 2 rings (SSSR count). The number of benzene rings is 1. The molecule has 1 aromatic heterocycles. The molecular formula is C13H14FN3. The van der Waals surface area contributed by atoms with Crippen LogP contribution in [0.5, 0.6) is 0 Å². The van der Waals surface area contributed by atoms with Gasteiger partial charge in [0.05, 0.1) is 5.69 Å². The van der Waals surface area contributed by atoms with E-state index >= 15 is 0 Å². The molecule has 0 atom stereocenters. The van der Waals surface area contributed by atoms with Crippen LogP contribution in [-0.2, 0) is 6.42 Å². The van der Waals surface area contributed by atoms with E-state index in [0.717, 1.165) is 5.56 Å². The van der Waals surface area contributed by atoms with Gasteiger partial charge in [-0.2, -0.15) is 0 Å². The maximum Gasteiger partial charge on any atom is 0.131 e. The van der Waals surface area contributed by atoms with Gasteiger partial charge in [0.25, 0.3) is 0 Å². The predicted molar refractivity (Wildman–Crippen MR) is 66.0 cm³/mol. The Balaban J connectivity index is 2.60. The van der Waals surface area contributed by atoms with E-state index in [2.05, 4.69) is 9.97 Å². The van der Waals surface area contributed by atoms with E-state index in [1.54, 1.807) is 19.1 Å². The minimum absolute atomic E-state index is 0.238.